The lowest BCUT2D eigenvalue weighted by atomic mass is 10.1. The Morgan fingerprint density at radius 2 is 1.79 bits per heavy atom. The summed E-state index contributed by atoms with van der Waals surface area (Å²) < 4.78 is 9.36. The first-order valence-corrected chi connectivity index (χ1v) is 5.49. The molecule has 14 heavy (non-hydrogen) atoms. The summed E-state index contributed by atoms with van der Waals surface area (Å²) in [5.74, 6) is -0.461. The van der Waals surface area contributed by atoms with E-state index in [1.807, 2.05) is 20.8 Å². The van der Waals surface area contributed by atoms with E-state index in [9.17, 15) is 4.79 Å². The van der Waals surface area contributed by atoms with Gasteiger partial charge in [0.2, 0.25) is 0 Å². The van der Waals surface area contributed by atoms with Gasteiger partial charge in [-0.1, -0.05) is 0 Å². The SMILES string of the molecule is CCOP(O)OCC.[B]C(=O)NCC. The van der Waals surface area contributed by atoms with Gasteiger partial charge >= 0.3 is 8.60 Å². The van der Waals surface area contributed by atoms with Crippen LogP contribution in [0.3, 0.4) is 0 Å². The van der Waals surface area contributed by atoms with E-state index in [2.05, 4.69) is 22.2 Å². The third-order valence-electron chi connectivity index (χ3n) is 0.830. The Morgan fingerprint density at radius 1 is 1.36 bits per heavy atom. The summed E-state index contributed by atoms with van der Waals surface area (Å²) in [6.45, 7) is 7.04. The van der Waals surface area contributed by atoms with Crippen LogP contribution < -0.4 is 5.32 Å². The molecule has 2 N–H and O–H groups in total. The zero-order valence-corrected chi connectivity index (χ0v) is 9.71. The average molecular weight is 221 g/mol. The van der Waals surface area contributed by atoms with Crippen molar-refractivity contribution in [2.24, 2.45) is 0 Å². The van der Waals surface area contributed by atoms with Crippen molar-refractivity contribution < 1.29 is 18.7 Å². The smallest absolute Gasteiger partial charge is 0.329 e. The fourth-order valence-electron chi connectivity index (χ4n) is 0.432. The first kappa shape index (κ1) is 16.3. The van der Waals surface area contributed by atoms with Gasteiger partial charge in [0, 0.05) is 6.54 Å². The molecule has 0 bridgehead atoms. The van der Waals surface area contributed by atoms with Crippen LogP contribution in [0, 0.1) is 0 Å². The molecule has 0 fully saturated rings. The van der Waals surface area contributed by atoms with Crippen LogP contribution in [-0.4, -0.2) is 38.3 Å². The van der Waals surface area contributed by atoms with Gasteiger partial charge in [-0.2, -0.15) is 0 Å². The van der Waals surface area contributed by atoms with Crippen molar-refractivity contribution in [1.29, 1.82) is 0 Å². The molecule has 0 aromatic rings. The number of carbonyl (C=O) groups excluding carboxylic acids is 1. The van der Waals surface area contributed by atoms with Crippen molar-refractivity contribution in [3.8, 4) is 0 Å². The summed E-state index contributed by atoms with van der Waals surface area (Å²) in [7, 11) is 3.07. The summed E-state index contributed by atoms with van der Waals surface area (Å²) in [6, 6.07) is 0. The second kappa shape index (κ2) is 12.8. The van der Waals surface area contributed by atoms with Gasteiger partial charge in [-0.3, -0.25) is 4.79 Å². The molecule has 7 heteroatoms. The van der Waals surface area contributed by atoms with Crippen LogP contribution in [-0.2, 0) is 9.05 Å². The zero-order valence-electron chi connectivity index (χ0n) is 8.82. The summed E-state index contributed by atoms with van der Waals surface area (Å²) in [4.78, 5) is 18.4. The van der Waals surface area contributed by atoms with Crippen LogP contribution in [0.4, 0.5) is 4.79 Å². The lowest BCUT2D eigenvalue weighted by molar-refractivity contribution is 0.216. The maximum absolute atomic E-state index is 9.71. The molecule has 1 amide bonds. The van der Waals surface area contributed by atoms with Gasteiger partial charge in [0.15, 0.2) is 13.7 Å². The predicted octanol–water partition coefficient (Wildman–Crippen LogP) is 1.16. The van der Waals surface area contributed by atoms with E-state index < -0.39 is 14.4 Å². The fourth-order valence-corrected chi connectivity index (χ4v) is 0.949. The minimum Gasteiger partial charge on any atom is -0.366 e. The number of amides is 1. The molecule has 0 aliphatic heterocycles. The second-order valence-electron chi connectivity index (χ2n) is 1.97. The first-order chi connectivity index (χ1) is 6.58. The van der Waals surface area contributed by atoms with Crippen molar-refractivity contribution in [2.45, 2.75) is 20.8 Å². The molecule has 0 saturated heterocycles. The van der Waals surface area contributed by atoms with Crippen molar-refractivity contribution in [3.63, 3.8) is 0 Å². The minimum absolute atomic E-state index is 0.461. The van der Waals surface area contributed by atoms with E-state index >= 15 is 0 Å². The summed E-state index contributed by atoms with van der Waals surface area (Å²) in [5, 5.41) is 2.35. The Bertz CT molecular complexity index is 133. The van der Waals surface area contributed by atoms with Gasteiger partial charge in [-0.05, 0) is 20.8 Å². The zero-order chi connectivity index (χ0) is 11.4. The molecule has 82 valence electrons. The maximum atomic E-state index is 9.71. The van der Waals surface area contributed by atoms with Crippen molar-refractivity contribution >= 4 is 22.3 Å². The van der Waals surface area contributed by atoms with E-state index in [1.165, 1.54) is 0 Å². The van der Waals surface area contributed by atoms with E-state index in [0.29, 0.717) is 19.8 Å². The molecule has 0 aromatic heterocycles. The number of hydrogen-bond acceptors (Lipinski definition) is 4. The summed E-state index contributed by atoms with van der Waals surface area (Å²) >= 11 is 0. The quantitative estimate of drug-likeness (QED) is 0.539. The molecule has 0 spiro atoms. The van der Waals surface area contributed by atoms with Gasteiger partial charge in [0.25, 0.3) is 0 Å². The van der Waals surface area contributed by atoms with Gasteiger partial charge < -0.3 is 19.3 Å². The third-order valence-corrected chi connectivity index (χ3v) is 1.79. The van der Waals surface area contributed by atoms with Gasteiger partial charge in [-0.25, -0.2) is 0 Å². The molecule has 0 heterocycles. The summed E-state index contributed by atoms with van der Waals surface area (Å²) in [6.07, 6.45) is 0. The second-order valence-corrected chi connectivity index (χ2v) is 2.96. The highest BCUT2D eigenvalue weighted by Gasteiger charge is 2.00. The molecule has 0 atom stereocenters. The normalized spacial score (nSPS) is 9.21. The van der Waals surface area contributed by atoms with Crippen LogP contribution in [0.15, 0.2) is 0 Å². The lowest BCUT2D eigenvalue weighted by Gasteiger charge is -2.05. The standard InChI is InChI=1S/C4H11O3P.C3H6BNO/c1-3-6-8(5)7-4-2;1-2-5-3(4)6/h5H,3-4H2,1-2H3;2H2,1H3,(H,5,6). The number of carbonyl (C=O) groups is 1. The minimum atomic E-state index is -1.58. The molecule has 0 aliphatic rings. The van der Waals surface area contributed by atoms with Gasteiger partial charge in [0.05, 0.1) is 13.2 Å². The maximum Gasteiger partial charge on any atom is 0.329 e. The van der Waals surface area contributed by atoms with Crippen molar-refractivity contribution in [2.75, 3.05) is 19.8 Å². The lowest BCUT2D eigenvalue weighted by Crippen LogP contribution is -2.20. The van der Waals surface area contributed by atoms with E-state index in [0.717, 1.165) is 0 Å². The van der Waals surface area contributed by atoms with Gasteiger partial charge in [0.1, 0.15) is 0 Å². The largest absolute Gasteiger partial charge is 0.366 e. The van der Waals surface area contributed by atoms with Gasteiger partial charge in [-0.15, -0.1) is 0 Å². The Balaban J connectivity index is 0. The van der Waals surface area contributed by atoms with Crippen LogP contribution in [0.2, 0.25) is 0 Å². The molecular formula is C7H17BNO4P. The van der Waals surface area contributed by atoms with Crippen molar-refractivity contribution in [3.05, 3.63) is 0 Å². The monoisotopic (exact) mass is 221 g/mol. The molecule has 0 aliphatic carbocycles. The van der Waals surface area contributed by atoms with Crippen LogP contribution >= 0.6 is 8.60 Å². The summed E-state index contributed by atoms with van der Waals surface area (Å²) in [5.41, 5.74) is 0. The highest BCUT2D eigenvalue weighted by Crippen LogP contribution is 2.31. The van der Waals surface area contributed by atoms with E-state index in [-0.39, 0.29) is 0 Å². The highest BCUT2D eigenvalue weighted by atomic mass is 31.2. The Hall–Kier alpha value is -0.155. The van der Waals surface area contributed by atoms with E-state index in [1.54, 1.807) is 0 Å². The fraction of sp³-hybridized carbons (Fsp3) is 0.857. The molecule has 2 radical (unpaired) electrons. The highest BCUT2D eigenvalue weighted by molar-refractivity contribution is 7.40. The predicted molar refractivity (Wildman–Crippen MR) is 57.2 cm³/mol. The van der Waals surface area contributed by atoms with E-state index in [4.69, 9.17) is 4.89 Å². The molecule has 0 rings (SSSR count). The number of rotatable bonds is 5. The molecule has 0 unspecified atom stereocenters. The van der Waals surface area contributed by atoms with Crippen molar-refractivity contribution in [1.82, 2.24) is 5.32 Å². The van der Waals surface area contributed by atoms with Crippen LogP contribution in [0.25, 0.3) is 0 Å². The molecule has 5 nitrogen and oxygen atoms in total. The Morgan fingerprint density at radius 3 is 1.93 bits per heavy atom. The molecule has 0 aromatic carbocycles. The number of hydrogen-bond donors (Lipinski definition) is 2. The first-order valence-electron chi connectivity index (χ1n) is 4.36. The molecule has 0 saturated carbocycles. The Kier molecular flexibility index (Phi) is 14.9. The topological polar surface area (TPSA) is 67.8 Å². The molecular weight excluding hydrogens is 204 g/mol. The van der Waals surface area contributed by atoms with Crippen LogP contribution in [0.5, 0.6) is 0 Å². The third kappa shape index (κ3) is 17.8. The average Bonchev–Trinajstić information content (AvgIpc) is 2.05. The Labute approximate surface area is 87.6 Å². The number of nitrogens with one attached hydrogen (secondary N) is 1. The van der Waals surface area contributed by atoms with Crippen LogP contribution in [0.1, 0.15) is 20.8 Å².